The Morgan fingerprint density at radius 3 is 2.65 bits per heavy atom. The van der Waals surface area contributed by atoms with Crippen molar-refractivity contribution < 1.29 is 9.47 Å². The fraction of sp³-hybridized carbons (Fsp3) is 0.625. The van der Waals surface area contributed by atoms with E-state index in [1.54, 1.807) is 0 Å². The average Bonchev–Trinajstić information content (AvgIpc) is 2.36. The fourth-order valence-electron chi connectivity index (χ4n) is 2.79. The van der Waals surface area contributed by atoms with Crippen LogP contribution in [0.4, 0.5) is 0 Å². The Hall–Kier alpha value is -0.580. The molecule has 0 amide bonds. The van der Waals surface area contributed by atoms with Gasteiger partial charge in [0.25, 0.3) is 0 Å². The number of hydrogen-bond acceptors (Lipinski definition) is 3. The Balaban J connectivity index is 1.88. The molecule has 0 aliphatic heterocycles. The molecule has 0 bridgehead atoms. The zero-order chi connectivity index (χ0) is 14.5. The van der Waals surface area contributed by atoms with Gasteiger partial charge in [0.15, 0.2) is 0 Å². The van der Waals surface area contributed by atoms with Gasteiger partial charge in [0.1, 0.15) is 5.75 Å². The maximum atomic E-state index is 6.34. The predicted molar refractivity (Wildman–Crippen MR) is 85.0 cm³/mol. The van der Waals surface area contributed by atoms with E-state index in [1.807, 2.05) is 19.1 Å². The second-order valence-corrected chi connectivity index (χ2v) is 6.23. The largest absolute Gasteiger partial charge is 0.494 e. The van der Waals surface area contributed by atoms with Crippen molar-refractivity contribution in [3.8, 4) is 5.75 Å². The zero-order valence-corrected chi connectivity index (χ0v) is 13.9. The average molecular weight is 342 g/mol. The summed E-state index contributed by atoms with van der Waals surface area (Å²) in [5.74, 6) is 1.58. The number of halogens is 1. The summed E-state index contributed by atoms with van der Waals surface area (Å²) in [6, 6.07) is 6.14. The Morgan fingerprint density at radius 1 is 1.30 bits per heavy atom. The van der Waals surface area contributed by atoms with Crippen molar-refractivity contribution in [3.05, 3.63) is 28.2 Å². The molecule has 1 fully saturated rings. The first-order valence-corrected chi connectivity index (χ1v) is 8.22. The lowest BCUT2D eigenvalue weighted by Crippen LogP contribution is -2.33. The van der Waals surface area contributed by atoms with Crippen molar-refractivity contribution in [2.45, 2.75) is 45.3 Å². The summed E-state index contributed by atoms with van der Waals surface area (Å²) in [6.07, 6.45) is 3.78. The van der Waals surface area contributed by atoms with E-state index in [2.05, 4.69) is 28.9 Å². The van der Waals surface area contributed by atoms with Gasteiger partial charge < -0.3 is 15.2 Å². The highest BCUT2D eigenvalue weighted by molar-refractivity contribution is 9.10. The Labute approximate surface area is 130 Å². The molecule has 1 aliphatic rings. The minimum Gasteiger partial charge on any atom is -0.494 e. The maximum Gasteiger partial charge on any atom is 0.120 e. The SMILES string of the molecule is CCOc1ccc(C(N)CC2CC(OCC)C2)c(Br)c1. The molecule has 1 aliphatic carbocycles. The Morgan fingerprint density at radius 2 is 2.05 bits per heavy atom. The van der Waals surface area contributed by atoms with Crippen LogP contribution in [0, 0.1) is 5.92 Å². The van der Waals surface area contributed by atoms with Gasteiger partial charge in [-0.3, -0.25) is 0 Å². The van der Waals surface area contributed by atoms with Crippen LogP contribution in [0.5, 0.6) is 5.75 Å². The quantitative estimate of drug-likeness (QED) is 0.813. The molecular weight excluding hydrogens is 318 g/mol. The number of nitrogens with two attached hydrogens (primary N) is 1. The predicted octanol–water partition coefficient (Wildman–Crippen LogP) is 4.05. The van der Waals surface area contributed by atoms with Crippen molar-refractivity contribution >= 4 is 15.9 Å². The van der Waals surface area contributed by atoms with E-state index in [0.29, 0.717) is 18.6 Å². The summed E-state index contributed by atoms with van der Waals surface area (Å²) in [6.45, 7) is 5.53. The summed E-state index contributed by atoms with van der Waals surface area (Å²) in [7, 11) is 0. The van der Waals surface area contributed by atoms with Crippen LogP contribution >= 0.6 is 15.9 Å². The van der Waals surface area contributed by atoms with E-state index in [0.717, 1.165) is 41.7 Å². The lowest BCUT2D eigenvalue weighted by molar-refractivity contribution is -0.0282. The van der Waals surface area contributed by atoms with E-state index in [-0.39, 0.29) is 6.04 Å². The molecule has 112 valence electrons. The molecule has 0 spiro atoms. The number of rotatable bonds is 7. The van der Waals surface area contributed by atoms with Crippen molar-refractivity contribution in [1.82, 2.24) is 0 Å². The summed E-state index contributed by atoms with van der Waals surface area (Å²) in [5.41, 5.74) is 7.50. The van der Waals surface area contributed by atoms with Gasteiger partial charge in [0, 0.05) is 17.1 Å². The number of ether oxygens (including phenoxy) is 2. The van der Waals surface area contributed by atoms with Gasteiger partial charge in [-0.1, -0.05) is 22.0 Å². The van der Waals surface area contributed by atoms with Crippen molar-refractivity contribution in [2.75, 3.05) is 13.2 Å². The van der Waals surface area contributed by atoms with Gasteiger partial charge in [-0.15, -0.1) is 0 Å². The van der Waals surface area contributed by atoms with Crippen molar-refractivity contribution in [3.63, 3.8) is 0 Å². The van der Waals surface area contributed by atoms with E-state index < -0.39 is 0 Å². The monoisotopic (exact) mass is 341 g/mol. The molecule has 1 atom stereocenters. The number of hydrogen-bond donors (Lipinski definition) is 1. The summed E-state index contributed by atoms with van der Waals surface area (Å²) in [5, 5.41) is 0. The molecule has 0 heterocycles. The molecule has 0 aromatic heterocycles. The first-order valence-electron chi connectivity index (χ1n) is 7.43. The molecule has 1 unspecified atom stereocenters. The molecule has 20 heavy (non-hydrogen) atoms. The van der Waals surface area contributed by atoms with Gasteiger partial charge >= 0.3 is 0 Å². The number of benzene rings is 1. The first kappa shape index (κ1) is 15.8. The third-order valence-electron chi connectivity index (χ3n) is 3.86. The molecule has 3 nitrogen and oxygen atoms in total. The molecule has 2 rings (SSSR count). The van der Waals surface area contributed by atoms with Crippen LogP contribution in [0.25, 0.3) is 0 Å². The molecule has 1 saturated carbocycles. The molecule has 0 radical (unpaired) electrons. The zero-order valence-electron chi connectivity index (χ0n) is 12.3. The summed E-state index contributed by atoms with van der Waals surface area (Å²) < 4.78 is 12.1. The van der Waals surface area contributed by atoms with Gasteiger partial charge in [0.2, 0.25) is 0 Å². The Bertz CT molecular complexity index is 432. The maximum absolute atomic E-state index is 6.34. The van der Waals surface area contributed by atoms with E-state index in [4.69, 9.17) is 15.2 Å². The topological polar surface area (TPSA) is 44.5 Å². The molecule has 0 saturated heterocycles. The lowest BCUT2D eigenvalue weighted by Gasteiger charge is -2.36. The van der Waals surface area contributed by atoms with Gasteiger partial charge in [-0.25, -0.2) is 0 Å². The molecule has 4 heteroatoms. The van der Waals surface area contributed by atoms with Crippen LogP contribution in [0.15, 0.2) is 22.7 Å². The molecular formula is C16H24BrNO2. The van der Waals surface area contributed by atoms with Crippen LogP contribution in [-0.4, -0.2) is 19.3 Å². The van der Waals surface area contributed by atoms with E-state index in [1.165, 1.54) is 0 Å². The van der Waals surface area contributed by atoms with Crippen molar-refractivity contribution in [2.24, 2.45) is 11.7 Å². The highest BCUT2D eigenvalue weighted by Crippen LogP contribution is 2.38. The summed E-state index contributed by atoms with van der Waals surface area (Å²) in [4.78, 5) is 0. The van der Waals surface area contributed by atoms with Gasteiger partial charge in [-0.2, -0.15) is 0 Å². The third kappa shape index (κ3) is 3.96. The lowest BCUT2D eigenvalue weighted by atomic mass is 9.77. The molecule has 1 aromatic rings. The molecule has 1 aromatic carbocycles. The standard InChI is InChI=1S/C16H24BrNO2/c1-3-19-12-5-6-14(15(17)10-12)16(18)9-11-7-13(8-11)20-4-2/h5-6,10-11,13,16H,3-4,7-9,18H2,1-2H3. The van der Waals surface area contributed by atoms with E-state index >= 15 is 0 Å². The van der Waals surface area contributed by atoms with Crippen LogP contribution in [-0.2, 0) is 4.74 Å². The minimum absolute atomic E-state index is 0.0765. The highest BCUT2D eigenvalue weighted by atomic mass is 79.9. The van der Waals surface area contributed by atoms with Crippen LogP contribution in [0.2, 0.25) is 0 Å². The normalized spacial score (nSPS) is 23.2. The second-order valence-electron chi connectivity index (χ2n) is 5.37. The van der Waals surface area contributed by atoms with Crippen molar-refractivity contribution in [1.29, 1.82) is 0 Å². The second kappa shape index (κ2) is 7.43. The minimum atomic E-state index is 0.0765. The third-order valence-corrected chi connectivity index (χ3v) is 4.55. The van der Waals surface area contributed by atoms with Gasteiger partial charge in [0.05, 0.1) is 12.7 Å². The highest BCUT2D eigenvalue weighted by Gasteiger charge is 2.31. The fourth-order valence-corrected chi connectivity index (χ4v) is 3.44. The van der Waals surface area contributed by atoms with E-state index in [9.17, 15) is 0 Å². The Kier molecular flexibility index (Phi) is 5.87. The van der Waals surface area contributed by atoms with Crippen LogP contribution in [0.3, 0.4) is 0 Å². The molecule has 2 N–H and O–H groups in total. The smallest absolute Gasteiger partial charge is 0.120 e. The first-order chi connectivity index (χ1) is 9.63. The van der Waals surface area contributed by atoms with Crippen LogP contribution in [0.1, 0.15) is 44.7 Å². The summed E-state index contributed by atoms with van der Waals surface area (Å²) >= 11 is 3.60. The van der Waals surface area contributed by atoms with Gasteiger partial charge in [-0.05, 0) is 56.7 Å². The van der Waals surface area contributed by atoms with Crippen LogP contribution < -0.4 is 10.5 Å².